The van der Waals surface area contributed by atoms with E-state index in [4.69, 9.17) is 4.55 Å². The molecule has 0 aromatic rings. The van der Waals surface area contributed by atoms with E-state index in [0.717, 1.165) is 12.2 Å². The molecule has 1 unspecified atom stereocenters. The average molecular weight is 362 g/mol. The summed E-state index contributed by atoms with van der Waals surface area (Å²) in [6.07, 6.45) is 0.647. The number of carbonyl (C=O) groups is 4. The van der Waals surface area contributed by atoms with E-state index < -0.39 is 52.0 Å². The van der Waals surface area contributed by atoms with E-state index in [-0.39, 0.29) is 23.0 Å². The van der Waals surface area contributed by atoms with Crippen molar-refractivity contribution in [2.24, 2.45) is 0 Å². The van der Waals surface area contributed by atoms with Gasteiger partial charge in [-0.05, 0) is 0 Å². The van der Waals surface area contributed by atoms with Gasteiger partial charge in [-0.15, -0.1) is 0 Å². The maximum Gasteiger partial charge on any atom is 0.340 e. The lowest BCUT2D eigenvalue weighted by atomic mass is 10.3. The number of rotatable bonds is 6. The summed E-state index contributed by atoms with van der Waals surface area (Å²) in [5.74, 6) is -3.71. The van der Waals surface area contributed by atoms with Crippen LogP contribution in [0.3, 0.4) is 0 Å². The lowest BCUT2D eigenvalue weighted by Gasteiger charge is -2.19. The van der Waals surface area contributed by atoms with Crippen LogP contribution in [0.5, 0.6) is 0 Å². The van der Waals surface area contributed by atoms with Crippen LogP contribution < -0.4 is 0 Å². The number of hydrogen-bond donors (Lipinski definition) is 1. The zero-order valence-electron chi connectivity index (χ0n) is 12.0. The van der Waals surface area contributed by atoms with Crippen LogP contribution in [0, 0.1) is 4.91 Å². The summed E-state index contributed by atoms with van der Waals surface area (Å²) in [4.78, 5) is 62.2. The summed E-state index contributed by atoms with van der Waals surface area (Å²) in [5, 5.41) is -1.73. The van der Waals surface area contributed by atoms with Crippen molar-refractivity contribution in [1.82, 2.24) is 10.1 Å². The first-order valence-corrected chi connectivity index (χ1v) is 8.08. The number of nitrogens with zero attached hydrogens (tertiary/aromatic N) is 3. The van der Waals surface area contributed by atoms with Crippen LogP contribution in [-0.2, 0) is 34.1 Å². The highest BCUT2D eigenvalue weighted by Gasteiger charge is 2.42. The van der Waals surface area contributed by atoms with Gasteiger partial charge in [-0.1, -0.05) is 0 Å². The molecular formula is C11H12N3O9S+. The van der Waals surface area contributed by atoms with Gasteiger partial charge in [0.1, 0.15) is 16.8 Å². The second-order valence-electron chi connectivity index (χ2n) is 4.92. The molecule has 1 N–H and O–H groups in total. The third kappa shape index (κ3) is 3.80. The van der Waals surface area contributed by atoms with Gasteiger partial charge in [-0.2, -0.15) is 8.42 Å². The Morgan fingerprint density at radius 2 is 1.88 bits per heavy atom. The largest absolute Gasteiger partial charge is 0.340 e. The predicted molar refractivity (Wildman–Crippen MR) is 71.9 cm³/mol. The minimum absolute atomic E-state index is 0.0696. The van der Waals surface area contributed by atoms with Gasteiger partial charge < -0.3 is 0 Å². The van der Waals surface area contributed by atoms with Crippen molar-refractivity contribution in [3.63, 3.8) is 0 Å². The number of amides is 3. The van der Waals surface area contributed by atoms with Crippen molar-refractivity contribution in [2.45, 2.75) is 18.1 Å². The monoisotopic (exact) mass is 362 g/mol. The van der Waals surface area contributed by atoms with Crippen molar-refractivity contribution in [3.8, 4) is 0 Å². The quantitative estimate of drug-likeness (QED) is 0.318. The number of carbonyl (C=O) groups excluding carboxylic acids is 4. The Bertz CT molecular complexity index is 723. The van der Waals surface area contributed by atoms with E-state index in [0.29, 0.717) is 4.90 Å². The fourth-order valence-corrected chi connectivity index (χ4v) is 2.68. The third-order valence-corrected chi connectivity index (χ3v) is 4.38. The van der Waals surface area contributed by atoms with Crippen LogP contribution in [0.1, 0.15) is 12.8 Å². The molecule has 1 atom stereocenters. The molecule has 3 amide bonds. The van der Waals surface area contributed by atoms with E-state index >= 15 is 0 Å². The molecule has 0 aliphatic carbocycles. The maximum absolute atomic E-state index is 11.7. The Kier molecular flexibility index (Phi) is 4.75. The van der Waals surface area contributed by atoms with Crippen molar-refractivity contribution in [2.75, 3.05) is 13.1 Å². The van der Waals surface area contributed by atoms with E-state index in [9.17, 15) is 32.5 Å². The zero-order chi connectivity index (χ0) is 18.1. The lowest BCUT2D eigenvalue weighted by Crippen LogP contribution is -2.42. The molecule has 2 rings (SSSR count). The van der Waals surface area contributed by atoms with Crippen LogP contribution in [0.25, 0.3) is 0 Å². The number of nitroso groups, excluding NO2 is 1. The second-order valence-corrected chi connectivity index (χ2v) is 6.61. The summed E-state index contributed by atoms with van der Waals surface area (Å²) >= 11 is 0. The average Bonchev–Trinajstić information content (AvgIpc) is 2.95. The molecule has 1 saturated heterocycles. The minimum atomic E-state index is -4.82. The lowest BCUT2D eigenvalue weighted by molar-refractivity contribution is -0.731. The molecule has 130 valence electrons. The smallest absolute Gasteiger partial charge is 0.285 e. The van der Waals surface area contributed by atoms with Gasteiger partial charge in [0.05, 0.1) is 11.3 Å². The standard InChI is InChI=1S/C11H11N3O9S/c15-8-1-2-9(16)12(8)6-7(24(20,21)22)5-11(18)23-14-10(17)3-4-13(14)19/h1-2,7H,3-6H2/p+1. The summed E-state index contributed by atoms with van der Waals surface area (Å²) < 4.78 is 31.9. The first-order chi connectivity index (χ1) is 11.1. The fraction of sp³-hybridized carbons (Fsp3) is 0.455. The highest BCUT2D eigenvalue weighted by molar-refractivity contribution is 7.86. The number of hydrogen-bond acceptors (Lipinski definition) is 8. The van der Waals surface area contributed by atoms with Crippen LogP contribution >= 0.6 is 0 Å². The molecule has 1 fully saturated rings. The fourth-order valence-electron chi connectivity index (χ4n) is 2.00. The molecule has 0 aromatic carbocycles. The van der Waals surface area contributed by atoms with Crippen molar-refractivity contribution in [1.29, 1.82) is 0 Å². The first-order valence-electron chi connectivity index (χ1n) is 6.57. The molecular weight excluding hydrogens is 350 g/mol. The third-order valence-electron chi connectivity index (χ3n) is 3.22. The SMILES string of the molecule is O=C(CC(CN1C(=O)C=CC1=O)S(=O)(=O)O)ON1C(=O)CC[N+]1=O. The van der Waals surface area contributed by atoms with Gasteiger partial charge in [0, 0.05) is 18.7 Å². The van der Waals surface area contributed by atoms with Gasteiger partial charge in [-0.25, -0.2) is 4.79 Å². The predicted octanol–water partition coefficient (Wildman–Crippen LogP) is -2.06. The van der Waals surface area contributed by atoms with Gasteiger partial charge in [-0.3, -0.25) is 28.7 Å². The summed E-state index contributed by atoms with van der Waals surface area (Å²) in [6, 6.07) is 0. The molecule has 0 spiro atoms. The number of hydrazine groups is 1. The normalized spacial score (nSPS) is 19.4. The summed E-state index contributed by atoms with van der Waals surface area (Å²) in [6.45, 7) is -1.01. The Balaban J connectivity index is 2.05. The number of hydroxylamine groups is 1. The topological polar surface area (TPSA) is 158 Å². The van der Waals surface area contributed by atoms with Crippen molar-refractivity contribution >= 4 is 33.8 Å². The molecule has 2 aliphatic heterocycles. The Labute approximate surface area is 134 Å². The first kappa shape index (κ1) is 17.7. The molecule has 24 heavy (non-hydrogen) atoms. The second kappa shape index (κ2) is 6.45. The molecule has 2 heterocycles. The van der Waals surface area contributed by atoms with Crippen LogP contribution in [0.2, 0.25) is 0 Å². The molecule has 0 saturated carbocycles. The Morgan fingerprint density at radius 1 is 1.29 bits per heavy atom. The molecule has 0 radical (unpaired) electrons. The van der Waals surface area contributed by atoms with Crippen LogP contribution in [0.4, 0.5) is 0 Å². The van der Waals surface area contributed by atoms with Crippen LogP contribution in [0.15, 0.2) is 12.2 Å². The van der Waals surface area contributed by atoms with Gasteiger partial charge in [0.2, 0.25) is 6.54 Å². The van der Waals surface area contributed by atoms with Crippen LogP contribution in [-0.4, -0.2) is 69.9 Å². The maximum atomic E-state index is 11.7. The Hall–Kier alpha value is -2.67. The highest BCUT2D eigenvalue weighted by atomic mass is 32.2. The molecule has 2 aliphatic rings. The van der Waals surface area contributed by atoms with Gasteiger partial charge >= 0.3 is 11.9 Å². The van der Waals surface area contributed by atoms with E-state index in [1.807, 2.05) is 0 Å². The molecule has 0 aromatic heterocycles. The highest BCUT2D eigenvalue weighted by Crippen LogP contribution is 2.14. The summed E-state index contributed by atoms with van der Waals surface area (Å²) in [5.41, 5.74) is 0. The van der Waals surface area contributed by atoms with Gasteiger partial charge in [0.15, 0.2) is 4.87 Å². The molecule has 0 bridgehead atoms. The summed E-state index contributed by atoms with van der Waals surface area (Å²) in [7, 11) is -4.82. The van der Waals surface area contributed by atoms with E-state index in [2.05, 4.69) is 4.84 Å². The van der Waals surface area contributed by atoms with E-state index in [1.165, 1.54) is 0 Å². The molecule has 13 heteroatoms. The minimum Gasteiger partial charge on any atom is -0.285 e. The molecule has 12 nitrogen and oxygen atoms in total. The van der Waals surface area contributed by atoms with Gasteiger partial charge in [0.25, 0.3) is 21.9 Å². The zero-order valence-corrected chi connectivity index (χ0v) is 12.8. The van der Waals surface area contributed by atoms with Crippen molar-refractivity contribution < 1.29 is 41.9 Å². The van der Waals surface area contributed by atoms with E-state index in [1.54, 1.807) is 0 Å². The number of imide groups is 1. The Morgan fingerprint density at radius 3 is 2.33 bits per heavy atom. The van der Waals surface area contributed by atoms with Crippen molar-refractivity contribution in [3.05, 3.63) is 17.1 Å².